The summed E-state index contributed by atoms with van der Waals surface area (Å²) in [6.45, 7) is 6.88. The molecule has 0 saturated carbocycles. The van der Waals surface area contributed by atoms with Crippen LogP contribution in [0.4, 0.5) is 0 Å². The SMILES string of the molecule is Cc1cccc(CNC(=O)c2cn(CCCN3CCC(Sc4ccc(Cl)cc4)CC3)c3ccccc23)c1. The van der Waals surface area contributed by atoms with Crippen LogP contribution in [0.25, 0.3) is 10.9 Å². The fourth-order valence-electron chi connectivity index (χ4n) is 5.13. The summed E-state index contributed by atoms with van der Waals surface area (Å²) in [5.74, 6) is -0.0169. The lowest BCUT2D eigenvalue weighted by molar-refractivity contribution is 0.0952. The summed E-state index contributed by atoms with van der Waals surface area (Å²) in [5, 5.41) is 5.60. The third kappa shape index (κ3) is 6.78. The normalized spacial score (nSPS) is 14.8. The standard InChI is InChI=1S/C31H34ClN3OS/c1-23-6-4-7-24(20-23)21-33-31(36)29-22-35(30-9-3-2-8-28(29)30)17-5-16-34-18-14-27(15-19-34)37-26-12-10-25(32)11-13-26/h2-4,6-13,20,22,27H,5,14-19,21H2,1H3,(H,33,36). The van der Waals surface area contributed by atoms with E-state index < -0.39 is 0 Å². The maximum absolute atomic E-state index is 13.1. The number of halogens is 1. The summed E-state index contributed by atoms with van der Waals surface area (Å²) in [6.07, 6.45) is 5.53. The Labute approximate surface area is 229 Å². The highest BCUT2D eigenvalue weighted by Gasteiger charge is 2.20. The van der Waals surface area contributed by atoms with Crippen LogP contribution < -0.4 is 5.32 Å². The first-order valence-corrected chi connectivity index (χ1v) is 14.4. The predicted octanol–water partition coefficient (Wildman–Crippen LogP) is 7.18. The van der Waals surface area contributed by atoms with Gasteiger partial charge in [0.2, 0.25) is 0 Å². The molecular formula is C31H34ClN3OS. The van der Waals surface area contributed by atoms with Gasteiger partial charge in [-0.3, -0.25) is 4.79 Å². The number of fused-ring (bicyclic) bond motifs is 1. The minimum Gasteiger partial charge on any atom is -0.348 e. The largest absolute Gasteiger partial charge is 0.348 e. The van der Waals surface area contributed by atoms with Crippen LogP contribution in [0, 0.1) is 6.92 Å². The molecule has 1 aliphatic rings. The molecule has 2 heterocycles. The van der Waals surface area contributed by atoms with Gasteiger partial charge in [0, 0.05) is 45.4 Å². The fourth-order valence-corrected chi connectivity index (χ4v) is 6.38. The molecule has 1 saturated heterocycles. The van der Waals surface area contributed by atoms with Gasteiger partial charge < -0.3 is 14.8 Å². The molecule has 1 amide bonds. The lowest BCUT2D eigenvalue weighted by atomic mass is 10.1. The van der Waals surface area contributed by atoms with E-state index in [1.807, 2.05) is 42.2 Å². The zero-order valence-corrected chi connectivity index (χ0v) is 22.9. The number of rotatable bonds is 9. The summed E-state index contributed by atoms with van der Waals surface area (Å²) in [4.78, 5) is 17.0. The summed E-state index contributed by atoms with van der Waals surface area (Å²) < 4.78 is 2.25. The third-order valence-corrected chi connectivity index (χ3v) is 8.69. The van der Waals surface area contributed by atoms with Gasteiger partial charge in [-0.25, -0.2) is 0 Å². The molecule has 4 nitrogen and oxygen atoms in total. The van der Waals surface area contributed by atoms with Crippen LogP contribution in [0.5, 0.6) is 0 Å². The Morgan fingerprint density at radius 2 is 1.78 bits per heavy atom. The number of nitrogens with one attached hydrogen (secondary N) is 1. The highest BCUT2D eigenvalue weighted by molar-refractivity contribution is 8.00. The first-order valence-electron chi connectivity index (χ1n) is 13.1. The first-order chi connectivity index (χ1) is 18.0. The minimum atomic E-state index is -0.0169. The molecule has 0 atom stereocenters. The number of hydrogen-bond donors (Lipinski definition) is 1. The van der Waals surface area contributed by atoms with Gasteiger partial charge >= 0.3 is 0 Å². The average molecular weight is 532 g/mol. The number of carbonyl (C=O) groups excluding carboxylic acids is 1. The molecule has 1 fully saturated rings. The number of nitrogens with zero attached hydrogens (tertiary/aromatic N) is 2. The Hall–Kier alpha value is -2.73. The van der Waals surface area contributed by atoms with Crippen LogP contribution in [0.15, 0.2) is 83.9 Å². The van der Waals surface area contributed by atoms with E-state index in [2.05, 4.69) is 70.2 Å². The zero-order valence-electron chi connectivity index (χ0n) is 21.3. The van der Waals surface area contributed by atoms with E-state index in [9.17, 15) is 4.79 Å². The molecule has 1 aromatic heterocycles. The zero-order chi connectivity index (χ0) is 25.6. The van der Waals surface area contributed by atoms with Gasteiger partial charge in [0.15, 0.2) is 0 Å². The van der Waals surface area contributed by atoms with Gasteiger partial charge in [0.05, 0.1) is 5.56 Å². The predicted molar refractivity (Wildman–Crippen MR) is 156 cm³/mol. The van der Waals surface area contributed by atoms with Crippen molar-refractivity contribution in [3.8, 4) is 0 Å². The van der Waals surface area contributed by atoms with Crippen molar-refractivity contribution in [1.29, 1.82) is 0 Å². The van der Waals surface area contributed by atoms with Crippen molar-refractivity contribution < 1.29 is 4.79 Å². The minimum absolute atomic E-state index is 0.0169. The van der Waals surface area contributed by atoms with Crippen molar-refractivity contribution in [2.24, 2.45) is 0 Å². The molecule has 6 heteroatoms. The quantitative estimate of drug-likeness (QED) is 0.248. The van der Waals surface area contributed by atoms with Crippen LogP contribution in [0.3, 0.4) is 0 Å². The van der Waals surface area contributed by atoms with Gasteiger partial charge in [-0.15, -0.1) is 11.8 Å². The van der Waals surface area contributed by atoms with Crippen LogP contribution in [0.1, 0.15) is 40.7 Å². The van der Waals surface area contributed by atoms with Crippen molar-refractivity contribution in [3.63, 3.8) is 0 Å². The smallest absolute Gasteiger partial charge is 0.253 e. The highest BCUT2D eigenvalue weighted by Crippen LogP contribution is 2.31. The number of para-hydroxylation sites is 1. The lowest BCUT2D eigenvalue weighted by Crippen LogP contribution is -2.35. The molecule has 0 radical (unpaired) electrons. The highest BCUT2D eigenvalue weighted by atomic mass is 35.5. The summed E-state index contributed by atoms with van der Waals surface area (Å²) in [5.41, 5.74) is 4.20. The fraction of sp³-hybridized carbons (Fsp3) is 0.323. The van der Waals surface area contributed by atoms with E-state index in [4.69, 9.17) is 11.6 Å². The Bertz CT molecular complexity index is 1340. The van der Waals surface area contributed by atoms with Gasteiger partial charge in [-0.1, -0.05) is 59.6 Å². The maximum Gasteiger partial charge on any atom is 0.253 e. The van der Waals surface area contributed by atoms with Gasteiger partial charge in [0.25, 0.3) is 5.91 Å². The van der Waals surface area contributed by atoms with Crippen molar-refractivity contribution in [2.45, 2.75) is 49.4 Å². The molecule has 1 aliphatic heterocycles. The third-order valence-electron chi connectivity index (χ3n) is 7.09. The van der Waals surface area contributed by atoms with Crippen molar-refractivity contribution in [1.82, 2.24) is 14.8 Å². The molecule has 4 aromatic rings. The number of aryl methyl sites for hydroxylation is 2. The van der Waals surface area contributed by atoms with E-state index >= 15 is 0 Å². The molecular weight excluding hydrogens is 498 g/mol. The van der Waals surface area contributed by atoms with Gasteiger partial charge in [-0.05, 0) is 81.7 Å². The second-order valence-electron chi connectivity index (χ2n) is 9.89. The van der Waals surface area contributed by atoms with Crippen molar-refractivity contribution >= 4 is 40.2 Å². The van der Waals surface area contributed by atoms with Crippen LogP contribution in [-0.2, 0) is 13.1 Å². The average Bonchev–Trinajstić information content (AvgIpc) is 3.28. The van der Waals surface area contributed by atoms with Crippen LogP contribution in [-0.4, -0.2) is 40.3 Å². The molecule has 192 valence electrons. The Morgan fingerprint density at radius 3 is 2.57 bits per heavy atom. The molecule has 5 rings (SSSR count). The number of carbonyl (C=O) groups is 1. The van der Waals surface area contributed by atoms with Crippen LogP contribution >= 0.6 is 23.4 Å². The Morgan fingerprint density at radius 1 is 1.00 bits per heavy atom. The van der Waals surface area contributed by atoms with E-state index in [1.54, 1.807) is 0 Å². The van der Waals surface area contributed by atoms with E-state index in [1.165, 1.54) is 23.3 Å². The monoisotopic (exact) mass is 531 g/mol. The summed E-state index contributed by atoms with van der Waals surface area (Å²) in [6, 6.07) is 24.7. The second kappa shape index (κ2) is 12.2. The number of piperidine rings is 1. The lowest BCUT2D eigenvalue weighted by Gasteiger charge is -2.31. The Kier molecular flexibility index (Phi) is 8.55. The van der Waals surface area contributed by atoms with E-state index in [0.29, 0.717) is 11.8 Å². The number of hydrogen-bond acceptors (Lipinski definition) is 3. The maximum atomic E-state index is 13.1. The van der Waals surface area contributed by atoms with E-state index in [-0.39, 0.29) is 5.91 Å². The van der Waals surface area contributed by atoms with Crippen molar-refractivity contribution in [2.75, 3.05) is 19.6 Å². The number of aromatic nitrogens is 1. The topological polar surface area (TPSA) is 37.3 Å². The molecule has 1 N–H and O–H groups in total. The molecule has 0 bridgehead atoms. The molecule has 37 heavy (non-hydrogen) atoms. The number of thioether (sulfide) groups is 1. The Balaban J connectivity index is 1.13. The van der Waals surface area contributed by atoms with Crippen LogP contribution in [0.2, 0.25) is 5.02 Å². The molecule has 0 unspecified atom stereocenters. The molecule has 3 aromatic carbocycles. The molecule has 0 aliphatic carbocycles. The van der Waals surface area contributed by atoms with E-state index in [0.717, 1.165) is 59.7 Å². The molecule has 0 spiro atoms. The number of benzene rings is 3. The number of amides is 1. The number of likely N-dealkylation sites (tertiary alicyclic amines) is 1. The second-order valence-corrected chi connectivity index (χ2v) is 11.7. The summed E-state index contributed by atoms with van der Waals surface area (Å²) in [7, 11) is 0. The van der Waals surface area contributed by atoms with Gasteiger partial charge in [0.1, 0.15) is 0 Å². The van der Waals surface area contributed by atoms with Gasteiger partial charge in [-0.2, -0.15) is 0 Å². The summed E-state index contributed by atoms with van der Waals surface area (Å²) >= 11 is 8.00. The first kappa shape index (κ1) is 25.9. The van der Waals surface area contributed by atoms with Crippen molar-refractivity contribution in [3.05, 3.63) is 101 Å².